The van der Waals surface area contributed by atoms with E-state index in [1.54, 1.807) is 22.7 Å². The predicted octanol–water partition coefficient (Wildman–Crippen LogP) is 6.25. The Balaban J connectivity index is 1.56. The highest BCUT2D eigenvalue weighted by Crippen LogP contribution is 2.30. The lowest BCUT2D eigenvalue weighted by atomic mass is 10.0. The summed E-state index contributed by atoms with van der Waals surface area (Å²) in [5, 5.41) is 16.3. The van der Waals surface area contributed by atoms with Gasteiger partial charge in [-0.15, -0.1) is 32.9 Å². The molecule has 0 radical (unpaired) electrons. The first-order chi connectivity index (χ1) is 13.7. The van der Waals surface area contributed by atoms with Gasteiger partial charge in [-0.05, 0) is 47.4 Å². The second kappa shape index (κ2) is 8.82. The molecule has 144 valence electrons. The van der Waals surface area contributed by atoms with Gasteiger partial charge in [0.15, 0.2) is 0 Å². The molecular weight excluding hydrogens is 386 g/mol. The Morgan fingerprint density at radius 1 is 1.00 bits per heavy atom. The number of nitrogens with zero attached hydrogens (tertiary/aromatic N) is 2. The van der Waals surface area contributed by atoms with Crippen LogP contribution in [0.3, 0.4) is 0 Å². The van der Waals surface area contributed by atoms with Gasteiger partial charge in [-0.25, -0.2) is 0 Å². The molecule has 4 aromatic rings. The summed E-state index contributed by atoms with van der Waals surface area (Å²) in [5.41, 5.74) is 2.62. The average Bonchev–Trinajstić information content (AvgIpc) is 3.49. The van der Waals surface area contributed by atoms with Crippen LogP contribution < -0.4 is 5.32 Å². The van der Waals surface area contributed by atoms with Crippen molar-refractivity contribution in [3.05, 3.63) is 81.2 Å². The Labute approximate surface area is 173 Å². The molecule has 4 nitrogen and oxygen atoms in total. The first kappa shape index (κ1) is 19.1. The molecule has 1 N–H and O–H groups in total. The van der Waals surface area contributed by atoms with Crippen LogP contribution in [0.2, 0.25) is 0 Å². The largest absolute Gasteiger partial charge is 0.418 e. The number of hydrogen-bond donors (Lipinski definition) is 1. The fourth-order valence-corrected chi connectivity index (χ4v) is 4.65. The summed E-state index contributed by atoms with van der Waals surface area (Å²) in [4.78, 5) is 2.26. The van der Waals surface area contributed by atoms with E-state index < -0.39 is 0 Å². The van der Waals surface area contributed by atoms with Crippen LogP contribution in [-0.4, -0.2) is 10.2 Å². The lowest BCUT2D eigenvalue weighted by Crippen LogP contribution is -2.25. The zero-order valence-corrected chi connectivity index (χ0v) is 17.6. The molecule has 0 aliphatic heterocycles. The molecule has 0 aliphatic rings. The number of aryl methyl sites for hydroxylation is 1. The van der Waals surface area contributed by atoms with Crippen LogP contribution in [0, 0.1) is 0 Å². The Kier molecular flexibility index (Phi) is 6.00. The molecule has 0 spiro atoms. The molecule has 0 unspecified atom stereocenters. The van der Waals surface area contributed by atoms with Crippen LogP contribution >= 0.6 is 22.7 Å². The lowest BCUT2D eigenvalue weighted by Gasteiger charge is -2.21. The smallest absolute Gasteiger partial charge is 0.257 e. The van der Waals surface area contributed by atoms with Gasteiger partial charge in [-0.3, -0.25) is 5.32 Å². The SMILES string of the molecule is CCCc1ccc([C@H](N[C@@H](C)c2nnc(-c3cccs3)o2)c2cccs2)cc1. The van der Waals surface area contributed by atoms with Gasteiger partial charge in [-0.1, -0.05) is 49.7 Å². The van der Waals surface area contributed by atoms with E-state index in [4.69, 9.17) is 4.42 Å². The van der Waals surface area contributed by atoms with Crippen LogP contribution in [0.1, 0.15) is 54.2 Å². The maximum atomic E-state index is 5.92. The highest BCUT2D eigenvalue weighted by molar-refractivity contribution is 7.13. The lowest BCUT2D eigenvalue weighted by molar-refractivity contribution is 0.405. The number of thiophene rings is 2. The van der Waals surface area contributed by atoms with Gasteiger partial charge in [0.1, 0.15) is 0 Å². The van der Waals surface area contributed by atoms with E-state index in [2.05, 4.69) is 71.1 Å². The molecule has 0 saturated carbocycles. The van der Waals surface area contributed by atoms with Crippen molar-refractivity contribution in [2.45, 2.75) is 38.8 Å². The highest BCUT2D eigenvalue weighted by atomic mass is 32.1. The average molecular weight is 410 g/mol. The molecule has 3 aromatic heterocycles. The van der Waals surface area contributed by atoms with Crippen molar-refractivity contribution < 1.29 is 4.42 Å². The van der Waals surface area contributed by atoms with Gasteiger partial charge in [-0.2, -0.15) is 0 Å². The van der Waals surface area contributed by atoms with E-state index in [0.29, 0.717) is 11.8 Å². The monoisotopic (exact) mass is 409 g/mol. The van der Waals surface area contributed by atoms with Gasteiger partial charge in [0.05, 0.1) is 17.0 Å². The number of nitrogens with one attached hydrogen (secondary N) is 1. The summed E-state index contributed by atoms with van der Waals surface area (Å²) in [6, 6.07) is 17.2. The van der Waals surface area contributed by atoms with E-state index in [-0.39, 0.29) is 12.1 Å². The number of hydrogen-bond acceptors (Lipinski definition) is 6. The number of benzene rings is 1. The van der Waals surface area contributed by atoms with E-state index in [9.17, 15) is 0 Å². The van der Waals surface area contributed by atoms with Crippen molar-refractivity contribution >= 4 is 22.7 Å². The molecule has 2 atom stereocenters. The molecule has 3 heterocycles. The first-order valence-electron chi connectivity index (χ1n) is 9.50. The van der Waals surface area contributed by atoms with Gasteiger partial charge in [0.25, 0.3) is 5.89 Å². The van der Waals surface area contributed by atoms with E-state index >= 15 is 0 Å². The van der Waals surface area contributed by atoms with Crippen molar-refractivity contribution in [3.8, 4) is 10.8 Å². The maximum Gasteiger partial charge on any atom is 0.257 e. The summed E-state index contributed by atoms with van der Waals surface area (Å²) in [6.07, 6.45) is 2.27. The second-order valence-corrected chi connectivity index (χ2v) is 8.68. The molecule has 0 fully saturated rings. The summed E-state index contributed by atoms with van der Waals surface area (Å²) < 4.78 is 5.92. The van der Waals surface area contributed by atoms with Gasteiger partial charge < -0.3 is 4.42 Å². The molecule has 0 amide bonds. The van der Waals surface area contributed by atoms with Gasteiger partial charge >= 0.3 is 0 Å². The highest BCUT2D eigenvalue weighted by Gasteiger charge is 2.22. The van der Waals surface area contributed by atoms with E-state index in [1.807, 2.05) is 17.5 Å². The fourth-order valence-electron chi connectivity index (χ4n) is 3.19. The molecule has 4 rings (SSSR count). The molecule has 1 aromatic carbocycles. The third-order valence-corrected chi connectivity index (χ3v) is 6.43. The Morgan fingerprint density at radius 3 is 2.46 bits per heavy atom. The normalized spacial score (nSPS) is 13.5. The second-order valence-electron chi connectivity index (χ2n) is 6.75. The Hall–Kier alpha value is -2.28. The van der Waals surface area contributed by atoms with Crippen molar-refractivity contribution in [1.82, 2.24) is 15.5 Å². The van der Waals surface area contributed by atoms with E-state index in [0.717, 1.165) is 17.7 Å². The topological polar surface area (TPSA) is 51.0 Å². The summed E-state index contributed by atoms with van der Waals surface area (Å²) in [6.45, 7) is 4.28. The molecule has 0 saturated heterocycles. The van der Waals surface area contributed by atoms with Crippen molar-refractivity contribution in [3.63, 3.8) is 0 Å². The summed E-state index contributed by atoms with van der Waals surface area (Å²) >= 11 is 3.35. The standard InChI is InChI=1S/C22H23N3OS2/c1-3-6-16-9-11-17(12-10-16)20(18-7-4-13-27-18)23-15(2)21-24-25-22(26-21)19-8-5-14-28-19/h4-5,7-15,20,23H,3,6H2,1-2H3/t15-,20-/m0/s1. The van der Waals surface area contributed by atoms with Crippen LogP contribution in [0.25, 0.3) is 10.8 Å². The van der Waals surface area contributed by atoms with Gasteiger partial charge in [0.2, 0.25) is 5.89 Å². The van der Waals surface area contributed by atoms with Crippen molar-refractivity contribution in [2.75, 3.05) is 0 Å². The molecule has 0 bridgehead atoms. The molecule has 0 aliphatic carbocycles. The predicted molar refractivity (Wildman–Crippen MR) is 116 cm³/mol. The Morgan fingerprint density at radius 2 is 1.79 bits per heavy atom. The molecule has 28 heavy (non-hydrogen) atoms. The van der Waals surface area contributed by atoms with E-state index in [1.165, 1.54) is 16.0 Å². The number of aromatic nitrogens is 2. The van der Waals surface area contributed by atoms with Crippen LogP contribution in [0.15, 0.2) is 63.7 Å². The minimum absolute atomic E-state index is 0.0661. The van der Waals surface area contributed by atoms with Gasteiger partial charge in [0, 0.05) is 4.88 Å². The van der Waals surface area contributed by atoms with Crippen molar-refractivity contribution in [2.24, 2.45) is 0 Å². The van der Waals surface area contributed by atoms with Crippen molar-refractivity contribution in [1.29, 1.82) is 0 Å². The van der Waals surface area contributed by atoms with Crippen LogP contribution in [0.4, 0.5) is 0 Å². The first-order valence-corrected chi connectivity index (χ1v) is 11.3. The summed E-state index contributed by atoms with van der Waals surface area (Å²) in [7, 11) is 0. The summed E-state index contributed by atoms with van der Waals surface area (Å²) in [5.74, 6) is 1.18. The third kappa shape index (κ3) is 4.24. The quantitative estimate of drug-likeness (QED) is 0.373. The molecule has 6 heteroatoms. The zero-order valence-electron chi connectivity index (χ0n) is 16.0. The number of rotatable bonds is 8. The third-order valence-electron chi connectivity index (χ3n) is 4.64. The fraction of sp³-hybridized carbons (Fsp3) is 0.273. The Bertz CT molecular complexity index is 975. The zero-order chi connectivity index (χ0) is 19.3. The minimum Gasteiger partial charge on any atom is -0.418 e. The van der Waals surface area contributed by atoms with Crippen LogP contribution in [0.5, 0.6) is 0 Å². The minimum atomic E-state index is -0.0661. The molecular formula is C22H23N3OS2. The van der Waals surface area contributed by atoms with Crippen LogP contribution in [-0.2, 0) is 6.42 Å². The maximum absolute atomic E-state index is 5.92.